The van der Waals surface area contributed by atoms with Crippen LogP contribution in [-0.4, -0.2) is 10.2 Å². The van der Waals surface area contributed by atoms with Crippen LogP contribution in [0.1, 0.15) is 5.56 Å². The van der Waals surface area contributed by atoms with Crippen molar-refractivity contribution in [3.05, 3.63) is 108 Å². The molecular weight excluding hydrogens is 454 g/mol. The van der Waals surface area contributed by atoms with Crippen molar-refractivity contribution < 1.29 is 8.95 Å². The lowest BCUT2D eigenvalue weighted by atomic mass is 10.0. The lowest BCUT2D eigenvalue weighted by Gasteiger charge is -2.23. The fraction of sp³-hybridized carbons (Fsp3) is 0.0385. The maximum atomic E-state index is 12.8. The first kappa shape index (κ1) is 21.2. The summed E-state index contributed by atoms with van der Waals surface area (Å²) in [5, 5.41) is 3.72. The number of anilines is 1. The van der Waals surface area contributed by atoms with Gasteiger partial charge in [-0.3, -0.25) is 4.72 Å². The van der Waals surface area contributed by atoms with Crippen LogP contribution in [0.15, 0.2) is 107 Å². The van der Waals surface area contributed by atoms with Crippen LogP contribution in [0.4, 0.5) is 5.69 Å². The quantitative estimate of drug-likeness (QED) is 0.353. The minimum atomic E-state index is -1.46. The summed E-state index contributed by atoms with van der Waals surface area (Å²) in [7, 11) is -1.46. The highest BCUT2D eigenvalue weighted by atomic mass is 35.5. The molecule has 0 amide bonds. The van der Waals surface area contributed by atoms with Crippen molar-refractivity contribution in [3.8, 4) is 22.6 Å². The number of ether oxygens (including phenoxy) is 1. The minimum absolute atomic E-state index is 0.420. The summed E-state index contributed by atoms with van der Waals surface area (Å²) in [5.41, 5.74) is 3.97. The van der Waals surface area contributed by atoms with Crippen molar-refractivity contribution >= 4 is 34.2 Å². The first-order valence-electron chi connectivity index (χ1n) is 10.4. The molecule has 1 aliphatic heterocycles. The van der Waals surface area contributed by atoms with Crippen LogP contribution in [0, 0.1) is 0 Å². The van der Waals surface area contributed by atoms with Crippen LogP contribution in [-0.2, 0) is 17.5 Å². The molecule has 1 atom stereocenters. The van der Waals surface area contributed by atoms with Gasteiger partial charge in [0, 0.05) is 0 Å². The molecule has 1 aliphatic rings. The van der Waals surface area contributed by atoms with Crippen molar-refractivity contribution in [2.75, 3.05) is 5.32 Å². The predicted molar refractivity (Wildman–Crippen MR) is 134 cm³/mol. The van der Waals surface area contributed by atoms with Gasteiger partial charge in [-0.1, -0.05) is 84.4 Å². The number of fused-ring (bicyclic) bond motifs is 1. The molecule has 0 fully saturated rings. The fourth-order valence-corrected chi connectivity index (χ4v) is 4.60. The number of para-hydroxylation sites is 2. The van der Waals surface area contributed by atoms with Crippen LogP contribution in [0.5, 0.6) is 11.5 Å². The van der Waals surface area contributed by atoms with Gasteiger partial charge < -0.3 is 10.1 Å². The Morgan fingerprint density at radius 2 is 1.48 bits per heavy atom. The van der Waals surface area contributed by atoms with Crippen molar-refractivity contribution in [2.45, 2.75) is 11.4 Å². The number of aliphatic imine (C=N–C) groups is 1. The van der Waals surface area contributed by atoms with Gasteiger partial charge in [-0.2, -0.15) is 0 Å². The number of hydrogen-bond donors (Lipinski definition) is 2. The summed E-state index contributed by atoms with van der Waals surface area (Å²) in [4.78, 5) is 5.18. The van der Waals surface area contributed by atoms with E-state index in [0.29, 0.717) is 39.6 Å². The van der Waals surface area contributed by atoms with E-state index >= 15 is 0 Å². The van der Waals surface area contributed by atoms with Crippen LogP contribution in [0.2, 0.25) is 5.02 Å². The third-order valence-corrected chi connectivity index (χ3v) is 6.59. The second-order valence-electron chi connectivity index (χ2n) is 7.39. The molecule has 0 aromatic heterocycles. The monoisotopic (exact) mass is 473 g/mol. The standard InChI is InChI=1S/C26H20ClN3O2S/c27-21-9-4-5-10-22(21)32-23-11-6-12-24-25(23)29-26(30-33(24)31)28-17-18-13-15-20(16-14-18)19-7-2-1-3-8-19/h1-16H,17H2,(H2,28,29,30). The molecule has 0 aliphatic carbocycles. The van der Waals surface area contributed by atoms with E-state index < -0.39 is 11.0 Å². The molecule has 33 heavy (non-hydrogen) atoms. The molecule has 2 N–H and O–H groups in total. The average Bonchev–Trinajstić information content (AvgIpc) is 2.85. The number of halogens is 1. The van der Waals surface area contributed by atoms with E-state index in [9.17, 15) is 4.21 Å². The highest BCUT2D eigenvalue weighted by molar-refractivity contribution is 7.84. The molecule has 4 aromatic carbocycles. The number of nitrogens with zero attached hydrogens (tertiary/aromatic N) is 1. The van der Waals surface area contributed by atoms with Gasteiger partial charge in [-0.15, -0.1) is 0 Å². The number of hydrogen-bond acceptors (Lipinski definition) is 3. The molecule has 5 rings (SSSR count). The number of nitrogens with one attached hydrogen (secondary N) is 2. The molecule has 7 heteroatoms. The molecular formula is C26H20ClN3O2S. The molecule has 1 unspecified atom stereocenters. The van der Waals surface area contributed by atoms with Gasteiger partial charge in [-0.05, 0) is 41.0 Å². The first-order chi connectivity index (χ1) is 16.2. The Kier molecular flexibility index (Phi) is 6.11. The normalized spacial score (nSPS) is 15.9. The molecule has 0 saturated heterocycles. The summed E-state index contributed by atoms with van der Waals surface area (Å²) in [6, 6.07) is 31.1. The van der Waals surface area contributed by atoms with E-state index in [-0.39, 0.29) is 0 Å². The number of benzene rings is 4. The van der Waals surface area contributed by atoms with Gasteiger partial charge in [-0.25, -0.2) is 9.20 Å². The fourth-order valence-electron chi connectivity index (χ4n) is 3.48. The van der Waals surface area contributed by atoms with Gasteiger partial charge in [0.05, 0.1) is 16.5 Å². The van der Waals surface area contributed by atoms with Crippen LogP contribution in [0.3, 0.4) is 0 Å². The minimum Gasteiger partial charge on any atom is -0.454 e. The summed E-state index contributed by atoms with van der Waals surface area (Å²) >= 11 is 6.24. The second-order valence-corrected chi connectivity index (χ2v) is 8.97. The summed E-state index contributed by atoms with van der Waals surface area (Å²) in [5.74, 6) is 1.47. The zero-order valence-electron chi connectivity index (χ0n) is 17.5. The Labute approximate surface area is 199 Å². The van der Waals surface area contributed by atoms with Gasteiger partial charge in [0.1, 0.15) is 11.4 Å². The third kappa shape index (κ3) is 4.77. The number of guanidine groups is 1. The van der Waals surface area contributed by atoms with Gasteiger partial charge in [0.15, 0.2) is 16.7 Å². The summed E-state index contributed by atoms with van der Waals surface area (Å²) < 4.78 is 21.7. The number of rotatable bonds is 5. The summed E-state index contributed by atoms with van der Waals surface area (Å²) in [6.07, 6.45) is 0. The molecule has 164 valence electrons. The van der Waals surface area contributed by atoms with E-state index in [1.807, 2.05) is 42.5 Å². The molecule has 0 radical (unpaired) electrons. The van der Waals surface area contributed by atoms with E-state index in [4.69, 9.17) is 16.3 Å². The predicted octanol–water partition coefficient (Wildman–Crippen LogP) is 6.39. The Hall–Kier alpha value is -3.61. The lowest BCUT2D eigenvalue weighted by Crippen LogP contribution is -2.37. The largest absolute Gasteiger partial charge is 0.454 e. The first-order valence-corrected chi connectivity index (χ1v) is 11.9. The van der Waals surface area contributed by atoms with E-state index in [1.54, 1.807) is 30.3 Å². The maximum absolute atomic E-state index is 12.8. The van der Waals surface area contributed by atoms with Crippen molar-refractivity contribution in [2.24, 2.45) is 4.99 Å². The van der Waals surface area contributed by atoms with Crippen molar-refractivity contribution in [1.29, 1.82) is 0 Å². The van der Waals surface area contributed by atoms with E-state index in [2.05, 4.69) is 39.3 Å². The topological polar surface area (TPSA) is 62.7 Å². The Balaban J connectivity index is 1.35. The highest BCUT2D eigenvalue weighted by Gasteiger charge is 2.23. The summed E-state index contributed by atoms with van der Waals surface area (Å²) in [6.45, 7) is 0.435. The SMILES string of the molecule is O=S1NC(=NCc2ccc(-c3ccccc3)cc2)Nc2c(Oc3ccccc3Cl)cccc21. The lowest BCUT2D eigenvalue weighted by molar-refractivity contribution is 0.483. The Bertz CT molecular complexity index is 1340. The average molecular weight is 474 g/mol. The Morgan fingerprint density at radius 3 is 2.27 bits per heavy atom. The van der Waals surface area contributed by atoms with Gasteiger partial charge in [0.2, 0.25) is 5.96 Å². The van der Waals surface area contributed by atoms with Crippen molar-refractivity contribution in [3.63, 3.8) is 0 Å². The Morgan fingerprint density at radius 1 is 0.788 bits per heavy atom. The van der Waals surface area contributed by atoms with Gasteiger partial charge in [0.25, 0.3) is 0 Å². The smallest absolute Gasteiger partial charge is 0.208 e. The second kappa shape index (κ2) is 9.48. The van der Waals surface area contributed by atoms with Gasteiger partial charge >= 0.3 is 0 Å². The zero-order chi connectivity index (χ0) is 22.6. The molecule has 0 spiro atoms. The highest BCUT2D eigenvalue weighted by Crippen LogP contribution is 2.37. The molecule has 1 heterocycles. The van der Waals surface area contributed by atoms with Crippen LogP contribution >= 0.6 is 11.6 Å². The van der Waals surface area contributed by atoms with E-state index in [1.165, 1.54) is 5.56 Å². The third-order valence-electron chi connectivity index (χ3n) is 5.16. The molecule has 0 saturated carbocycles. The zero-order valence-corrected chi connectivity index (χ0v) is 19.1. The molecule has 4 aromatic rings. The van der Waals surface area contributed by atoms with Crippen molar-refractivity contribution in [1.82, 2.24) is 4.72 Å². The maximum Gasteiger partial charge on any atom is 0.208 e. The van der Waals surface area contributed by atoms with Crippen LogP contribution < -0.4 is 14.8 Å². The van der Waals surface area contributed by atoms with E-state index in [0.717, 1.165) is 11.1 Å². The molecule has 5 nitrogen and oxygen atoms in total. The van der Waals surface area contributed by atoms with Crippen LogP contribution in [0.25, 0.3) is 11.1 Å². The molecule has 0 bridgehead atoms.